The smallest absolute Gasteiger partial charge is 0.254 e. The van der Waals surface area contributed by atoms with Crippen molar-refractivity contribution < 1.29 is 19.1 Å². The number of halogens is 1. The summed E-state index contributed by atoms with van der Waals surface area (Å²) in [5, 5.41) is 9.25. The average molecular weight is 567 g/mol. The zero-order valence-corrected chi connectivity index (χ0v) is 21.3. The van der Waals surface area contributed by atoms with Crippen LogP contribution in [0.3, 0.4) is 0 Å². The molecule has 33 heavy (non-hydrogen) atoms. The lowest BCUT2D eigenvalue weighted by Crippen LogP contribution is -2.49. The summed E-state index contributed by atoms with van der Waals surface area (Å²) in [6, 6.07) is 13.1. The van der Waals surface area contributed by atoms with Crippen molar-refractivity contribution in [3.05, 3.63) is 59.2 Å². The first-order valence-corrected chi connectivity index (χ1v) is 10.3. The minimum atomic E-state index is -0.133. The van der Waals surface area contributed by atoms with Crippen LogP contribution in [0.4, 0.5) is 0 Å². The highest BCUT2D eigenvalue weighted by Crippen LogP contribution is 2.27. The van der Waals surface area contributed by atoms with Crippen molar-refractivity contribution in [1.29, 1.82) is 0 Å². The van der Waals surface area contributed by atoms with Crippen LogP contribution in [0.5, 0.6) is 11.5 Å². The average Bonchev–Trinajstić information content (AvgIpc) is 2.83. The first kappa shape index (κ1) is 26.2. The molecule has 0 unspecified atom stereocenters. The Bertz CT molecular complexity index is 981. The van der Waals surface area contributed by atoms with E-state index < -0.39 is 0 Å². The van der Waals surface area contributed by atoms with Crippen LogP contribution >= 0.6 is 24.0 Å². The molecule has 1 aliphatic heterocycles. The fourth-order valence-corrected chi connectivity index (χ4v) is 3.34. The van der Waals surface area contributed by atoms with Crippen LogP contribution in [0.2, 0.25) is 0 Å². The Hall–Kier alpha value is -3.02. The van der Waals surface area contributed by atoms with Gasteiger partial charge in [0.25, 0.3) is 5.91 Å². The van der Waals surface area contributed by atoms with E-state index in [2.05, 4.69) is 20.9 Å². The van der Waals surface area contributed by atoms with Gasteiger partial charge < -0.3 is 30.3 Å². The molecule has 1 saturated heterocycles. The number of ether oxygens (including phenoxy) is 2. The van der Waals surface area contributed by atoms with Crippen molar-refractivity contribution in [1.82, 2.24) is 20.9 Å². The standard InChI is InChI=1S/C23H29N5O4.HI/c1-24-23(27-14-17-6-9-19(31-2)20(12-17)32-3)26-13-16-4-7-18(8-5-16)22(30)28-11-10-25-21(29)15-28;/h4-9,12H,10-11,13-15H2,1-3H3,(H,25,29)(H2,24,26,27);1H. The number of aliphatic imine (C=N–C) groups is 1. The van der Waals surface area contributed by atoms with Crippen LogP contribution < -0.4 is 25.4 Å². The number of piperazine rings is 1. The first-order chi connectivity index (χ1) is 15.5. The molecule has 3 rings (SSSR count). The molecule has 0 atom stereocenters. The van der Waals surface area contributed by atoms with E-state index in [0.717, 1.165) is 11.1 Å². The Labute approximate surface area is 210 Å². The van der Waals surface area contributed by atoms with Crippen LogP contribution in [0, 0.1) is 0 Å². The quantitative estimate of drug-likeness (QED) is 0.268. The van der Waals surface area contributed by atoms with Gasteiger partial charge in [0.2, 0.25) is 5.91 Å². The Balaban J connectivity index is 0.00000385. The minimum Gasteiger partial charge on any atom is -0.493 e. The summed E-state index contributed by atoms with van der Waals surface area (Å²) >= 11 is 0. The van der Waals surface area contributed by atoms with E-state index in [0.29, 0.717) is 49.2 Å². The third kappa shape index (κ3) is 7.24. The predicted molar refractivity (Wildman–Crippen MR) is 137 cm³/mol. The fourth-order valence-electron chi connectivity index (χ4n) is 3.34. The molecule has 0 aromatic heterocycles. The molecule has 178 valence electrons. The molecule has 0 saturated carbocycles. The summed E-state index contributed by atoms with van der Waals surface area (Å²) in [5.41, 5.74) is 2.60. The van der Waals surface area contributed by atoms with Gasteiger partial charge in [0.15, 0.2) is 17.5 Å². The van der Waals surface area contributed by atoms with E-state index in [9.17, 15) is 9.59 Å². The molecular weight excluding hydrogens is 537 g/mol. The van der Waals surface area contributed by atoms with Crippen LogP contribution in [0.25, 0.3) is 0 Å². The van der Waals surface area contributed by atoms with Crippen molar-refractivity contribution in [3.8, 4) is 11.5 Å². The van der Waals surface area contributed by atoms with Crippen LogP contribution in [-0.2, 0) is 17.9 Å². The number of methoxy groups -OCH3 is 2. The number of benzene rings is 2. The van der Waals surface area contributed by atoms with E-state index in [1.54, 1.807) is 38.3 Å². The Morgan fingerprint density at radius 1 is 1.03 bits per heavy atom. The molecule has 0 spiro atoms. The summed E-state index contributed by atoms with van der Waals surface area (Å²) in [7, 11) is 4.92. The number of nitrogens with one attached hydrogen (secondary N) is 3. The van der Waals surface area contributed by atoms with Crippen LogP contribution in [-0.4, -0.2) is 63.6 Å². The van der Waals surface area contributed by atoms with Crippen molar-refractivity contribution >= 4 is 41.8 Å². The molecule has 10 heteroatoms. The molecule has 9 nitrogen and oxygen atoms in total. The van der Waals surface area contributed by atoms with Gasteiger partial charge in [0, 0.05) is 38.8 Å². The minimum absolute atomic E-state index is 0. The molecular formula is C23H30IN5O4. The van der Waals surface area contributed by atoms with Gasteiger partial charge in [-0.1, -0.05) is 18.2 Å². The third-order valence-electron chi connectivity index (χ3n) is 5.12. The Morgan fingerprint density at radius 2 is 1.67 bits per heavy atom. The highest BCUT2D eigenvalue weighted by atomic mass is 127. The van der Waals surface area contributed by atoms with E-state index in [-0.39, 0.29) is 42.3 Å². The zero-order chi connectivity index (χ0) is 22.9. The molecule has 0 bridgehead atoms. The van der Waals surface area contributed by atoms with Crippen LogP contribution in [0.15, 0.2) is 47.5 Å². The molecule has 0 radical (unpaired) electrons. The van der Waals surface area contributed by atoms with Gasteiger partial charge >= 0.3 is 0 Å². The molecule has 0 aliphatic carbocycles. The topological polar surface area (TPSA) is 104 Å². The summed E-state index contributed by atoms with van der Waals surface area (Å²) in [6.45, 7) is 2.23. The second kappa shape index (κ2) is 12.9. The van der Waals surface area contributed by atoms with Gasteiger partial charge in [-0.2, -0.15) is 0 Å². The fraction of sp³-hybridized carbons (Fsp3) is 0.348. The monoisotopic (exact) mass is 567 g/mol. The van der Waals surface area contributed by atoms with Crippen LogP contribution in [0.1, 0.15) is 21.5 Å². The second-order valence-corrected chi connectivity index (χ2v) is 7.24. The molecule has 2 aromatic rings. The number of hydrogen-bond acceptors (Lipinski definition) is 5. The SMILES string of the molecule is CN=C(NCc1ccc(C(=O)N2CCNC(=O)C2)cc1)NCc1ccc(OC)c(OC)c1.I. The largest absolute Gasteiger partial charge is 0.493 e. The molecule has 1 heterocycles. The highest BCUT2D eigenvalue weighted by Gasteiger charge is 2.22. The summed E-state index contributed by atoms with van der Waals surface area (Å²) < 4.78 is 10.6. The van der Waals surface area contributed by atoms with E-state index in [1.165, 1.54) is 0 Å². The van der Waals surface area contributed by atoms with Gasteiger partial charge in [-0.25, -0.2) is 0 Å². The third-order valence-corrected chi connectivity index (χ3v) is 5.12. The van der Waals surface area contributed by atoms with Gasteiger partial charge in [-0.05, 0) is 35.4 Å². The van der Waals surface area contributed by atoms with Gasteiger partial charge in [0.05, 0.1) is 20.8 Å². The van der Waals surface area contributed by atoms with Crippen molar-refractivity contribution in [2.75, 3.05) is 40.9 Å². The molecule has 1 aliphatic rings. The molecule has 2 aromatic carbocycles. The normalized spacial score (nSPS) is 13.5. The van der Waals surface area contributed by atoms with E-state index in [1.807, 2.05) is 30.3 Å². The lowest BCUT2D eigenvalue weighted by atomic mass is 10.1. The molecule has 3 N–H and O–H groups in total. The highest BCUT2D eigenvalue weighted by molar-refractivity contribution is 14.0. The zero-order valence-electron chi connectivity index (χ0n) is 19.0. The number of rotatable bonds is 7. The summed E-state index contributed by atoms with van der Waals surface area (Å²) in [6.07, 6.45) is 0. The number of carbonyl (C=O) groups excluding carboxylic acids is 2. The van der Waals surface area contributed by atoms with E-state index >= 15 is 0 Å². The maximum absolute atomic E-state index is 12.6. The lowest BCUT2D eigenvalue weighted by molar-refractivity contribution is -0.123. The second-order valence-electron chi connectivity index (χ2n) is 7.24. The van der Waals surface area contributed by atoms with Crippen molar-refractivity contribution in [2.24, 2.45) is 4.99 Å². The maximum Gasteiger partial charge on any atom is 0.254 e. The van der Waals surface area contributed by atoms with Crippen molar-refractivity contribution in [2.45, 2.75) is 13.1 Å². The van der Waals surface area contributed by atoms with E-state index in [4.69, 9.17) is 9.47 Å². The lowest BCUT2D eigenvalue weighted by Gasteiger charge is -2.26. The Kier molecular flexibility index (Phi) is 10.2. The number of carbonyl (C=O) groups is 2. The van der Waals surface area contributed by atoms with Gasteiger partial charge in [-0.3, -0.25) is 14.6 Å². The molecule has 1 fully saturated rings. The van der Waals surface area contributed by atoms with Gasteiger partial charge in [-0.15, -0.1) is 24.0 Å². The van der Waals surface area contributed by atoms with Crippen molar-refractivity contribution in [3.63, 3.8) is 0 Å². The summed E-state index contributed by atoms with van der Waals surface area (Å²) in [5.74, 6) is 1.75. The number of amides is 2. The van der Waals surface area contributed by atoms with Gasteiger partial charge in [0.1, 0.15) is 0 Å². The first-order valence-electron chi connectivity index (χ1n) is 10.3. The predicted octanol–water partition coefficient (Wildman–Crippen LogP) is 1.76. The molecule has 2 amide bonds. The Morgan fingerprint density at radius 3 is 2.27 bits per heavy atom. The summed E-state index contributed by atoms with van der Waals surface area (Å²) in [4.78, 5) is 29.9. The number of hydrogen-bond donors (Lipinski definition) is 3. The number of nitrogens with zero attached hydrogens (tertiary/aromatic N) is 2. The number of guanidine groups is 1. The maximum atomic E-state index is 12.6.